The lowest BCUT2D eigenvalue weighted by Gasteiger charge is -2.35. The van der Waals surface area contributed by atoms with Gasteiger partial charge < -0.3 is 9.47 Å². The van der Waals surface area contributed by atoms with E-state index in [2.05, 4.69) is 12.1 Å². The van der Waals surface area contributed by atoms with Gasteiger partial charge in [-0.2, -0.15) is 5.26 Å². The maximum Gasteiger partial charge on any atom is 0.166 e. The smallest absolute Gasteiger partial charge is 0.166 e. The van der Waals surface area contributed by atoms with Crippen molar-refractivity contribution in [2.75, 3.05) is 13.2 Å². The summed E-state index contributed by atoms with van der Waals surface area (Å²) in [4.78, 5) is 11.6. The summed E-state index contributed by atoms with van der Waals surface area (Å²) in [6.07, 6.45) is 2.08. The number of nitrogens with zero attached hydrogens (tertiary/aromatic N) is 1. The third-order valence-electron chi connectivity index (χ3n) is 4.55. The number of rotatable bonds is 1. The van der Waals surface area contributed by atoms with E-state index in [0.29, 0.717) is 38.9 Å². The van der Waals surface area contributed by atoms with Crippen molar-refractivity contribution in [3.8, 4) is 17.6 Å². The maximum absolute atomic E-state index is 11.6. The van der Waals surface area contributed by atoms with E-state index in [0.717, 1.165) is 28.2 Å². The van der Waals surface area contributed by atoms with Crippen LogP contribution >= 0.6 is 0 Å². The van der Waals surface area contributed by atoms with Crippen molar-refractivity contribution in [1.82, 2.24) is 0 Å². The molecule has 3 rings (SSSR count). The van der Waals surface area contributed by atoms with Crippen molar-refractivity contribution in [2.45, 2.75) is 44.9 Å². The first kappa shape index (κ1) is 13.9. The first-order valence-electron chi connectivity index (χ1n) is 7.40. The molecule has 1 aromatic carbocycles. The summed E-state index contributed by atoms with van der Waals surface area (Å²) in [7, 11) is 0. The number of Topliss-reactive ketones (excluding diaryl/α,β-unsaturated/α-hetero) is 1. The molecule has 21 heavy (non-hydrogen) atoms. The summed E-state index contributed by atoms with van der Waals surface area (Å²) in [5.41, 5.74) is 2.38. The van der Waals surface area contributed by atoms with Gasteiger partial charge >= 0.3 is 0 Å². The molecule has 4 heteroatoms. The summed E-state index contributed by atoms with van der Waals surface area (Å²) in [5.74, 6) is 1.72. The fraction of sp³-hybridized carbons (Fsp3) is 0.529. The number of aryl methyl sites for hydroxylation is 2. The highest BCUT2D eigenvalue weighted by molar-refractivity contribution is 5.80. The molecule has 0 bridgehead atoms. The Morgan fingerprint density at radius 3 is 2.33 bits per heavy atom. The molecule has 0 spiro atoms. The van der Waals surface area contributed by atoms with Crippen LogP contribution in [0.25, 0.3) is 0 Å². The minimum atomic E-state index is -0.628. The van der Waals surface area contributed by atoms with Crippen LogP contribution in [0.15, 0.2) is 6.07 Å². The van der Waals surface area contributed by atoms with E-state index in [4.69, 9.17) is 9.47 Å². The molecule has 1 fully saturated rings. The predicted molar refractivity (Wildman–Crippen MR) is 77.7 cm³/mol. The Kier molecular flexibility index (Phi) is 3.36. The topological polar surface area (TPSA) is 59.3 Å². The van der Waals surface area contributed by atoms with Gasteiger partial charge in [-0.1, -0.05) is 6.07 Å². The molecule has 4 nitrogen and oxygen atoms in total. The first-order chi connectivity index (χ1) is 10.1. The monoisotopic (exact) mass is 285 g/mol. The number of hydrogen-bond acceptors (Lipinski definition) is 4. The van der Waals surface area contributed by atoms with Gasteiger partial charge in [0.25, 0.3) is 0 Å². The molecule has 1 aromatic rings. The second-order valence-electron chi connectivity index (χ2n) is 5.97. The van der Waals surface area contributed by atoms with E-state index >= 15 is 0 Å². The molecule has 110 valence electrons. The molecule has 2 aliphatic rings. The summed E-state index contributed by atoms with van der Waals surface area (Å²) < 4.78 is 11.6. The molecule has 0 atom stereocenters. The zero-order valence-electron chi connectivity index (χ0n) is 12.5. The van der Waals surface area contributed by atoms with Gasteiger partial charge in [0.2, 0.25) is 0 Å². The molecular weight excluding hydrogens is 266 g/mol. The maximum atomic E-state index is 11.6. The Balaban J connectivity index is 2.17. The molecule has 0 aromatic heterocycles. The Morgan fingerprint density at radius 2 is 1.71 bits per heavy atom. The van der Waals surface area contributed by atoms with Crippen molar-refractivity contribution in [1.29, 1.82) is 5.26 Å². The molecule has 0 amide bonds. The van der Waals surface area contributed by atoms with Crippen molar-refractivity contribution in [3.63, 3.8) is 0 Å². The lowest BCUT2D eigenvalue weighted by Crippen LogP contribution is -2.33. The second-order valence-corrected chi connectivity index (χ2v) is 5.97. The van der Waals surface area contributed by atoms with Crippen LogP contribution in [0.5, 0.6) is 11.5 Å². The van der Waals surface area contributed by atoms with Crippen LogP contribution in [0.1, 0.15) is 42.4 Å². The molecule has 1 aliphatic heterocycles. The summed E-state index contributed by atoms with van der Waals surface area (Å²) in [6, 6.07) is 4.53. The Hall–Kier alpha value is -2.02. The summed E-state index contributed by atoms with van der Waals surface area (Å²) in [5, 5.41) is 9.82. The van der Waals surface area contributed by atoms with Crippen LogP contribution in [-0.2, 0) is 10.2 Å². The van der Waals surface area contributed by atoms with Crippen molar-refractivity contribution >= 4 is 5.78 Å². The number of ether oxygens (including phenoxy) is 2. The first-order valence-corrected chi connectivity index (χ1v) is 7.40. The average Bonchev–Trinajstić information content (AvgIpc) is 2.49. The van der Waals surface area contributed by atoms with Gasteiger partial charge in [0.1, 0.15) is 19.0 Å². The molecule has 0 saturated heterocycles. The Labute approximate surface area is 124 Å². The van der Waals surface area contributed by atoms with Crippen LogP contribution in [-0.4, -0.2) is 19.0 Å². The average molecular weight is 285 g/mol. The minimum Gasteiger partial charge on any atom is -0.486 e. The zero-order valence-corrected chi connectivity index (χ0v) is 12.5. The van der Waals surface area contributed by atoms with Crippen LogP contribution < -0.4 is 9.47 Å². The van der Waals surface area contributed by atoms with Crippen molar-refractivity contribution in [3.05, 3.63) is 22.8 Å². The molecule has 1 saturated carbocycles. The molecular formula is C17H19NO3. The van der Waals surface area contributed by atoms with Gasteiger partial charge in [-0.05, 0) is 37.8 Å². The number of ketones is 1. The zero-order chi connectivity index (χ0) is 15.0. The number of benzene rings is 1. The lowest BCUT2D eigenvalue weighted by atomic mass is 9.68. The van der Waals surface area contributed by atoms with Crippen molar-refractivity contribution in [2.24, 2.45) is 0 Å². The number of fused-ring (bicyclic) bond motifs is 1. The van der Waals surface area contributed by atoms with Crippen molar-refractivity contribution < 1.29 is 14.3 Å². The van der Waals surface area contributed by atoms with Crippen LogP contribution in [0, 0.1) is 25.2 Å². The Morgan fingerprint density at radius 1 is 1.10 bits per heavy atom. The molecule has 0 N–H and O–H groups in total. The van der Waals surface area contributed by atoms with Crippen LogP contribution in [0.2, 0.25) is 0 Å². The van der Waals surface area contributed by atoms with E-state index in [1.807, 2.05) is 13.8 Å². The Bertz CT molecular complexity index is 632. The summed E-state index contributed by atoms with van der Waals surface area (Å²) >= 11 is 0. The quantitative estimate of drug-likeness (QED) is 0.796. The largest absolute Gasteiger partial charge is 0.486 e. The number of carbonyl (C=O) groups excluding carboxylic acids is 1. The fourth-order valence-corrected chi connectivity index (χ4v) is 3.51. The van der Waals surface area contributed by atoms with E-state index < -0.39 is 5.41 Å². The number of hydrogen-bond donors (Lipinski definition) is 0. The van der Waals surface area contributed by atoms with Crippen LogP contribution in [0.3, 0.4) is 0 Å². The standard InChI is InChI=1S/C17H19NO3/c1-11-9-12(2)15-16(21-8-7-20-15)14(11)17(10-18)5-3-13(19)4-6-17/h9H,3-8H2,1-2H3. The SMILES string of the molecule is Cc1cc(C)c(C2(C#N)CCC(=O)CC2)c2c1OCCO2. The fourth-order valence-electron chi connectivity index (χ4n) is 3.51. The van der Waals surface area contributed by atoms with Gasteiger partial charge in [0, 0.05) is 18.4 Å². The van der Waals surface area contributed by atoms with Gasteiger partial charge in [-0.25, -0.2) is 0 Å². The molecule has 1 heterocycles. The second kappa shape index (κ2) is 5.07. The van der Waals surface area contributed by atoms with E-state index in [9.17, 15) is 10.1 Å². The van der Waals surface area contributed by atoms with Gasteiger partial charge in [-0.15, -0.1) is 0 Å². The highest BCUT2D eigenvalue weighted by Gasteiger charge is 2.41. The lowest BCUT2D eigenvalue weighted by molar-refractivity contribution is -0.121. The van der Waals surface area contributed by atoms with E-state index in [1.165, 1.54) is 0 Å². The molecule has 0 radical (unpaired) electrons. The van der Waals surface area contributed by atoms with E-state index in [-0.39, 0.29) is 5.78 Å². The van der Waals surface area contributed by atoms with Gasteiger partial charge in [0.05, 0.1) is 11.5 Å². The third kappa shape index (κ3) is 2.17. The normalized spacial score (nSPS) is 20.0. The highest BCUT2D eigenvalue weighted by Crippen LogP contribution is 2.49. The predicted octanol–water partition coefficient (Wildman–Crippen LogP) is 2.98. The number of nitriles is 1. The summed E-state index contributed by atoms with van der Waals surface area (Å²) in [6.45, 7) is 5.04. The van der Waals surface area contributed by atoms with Crippen LogP contribution in [0.4, 0.5) is 0 Å². The van der Waals surface area contributed by atoms with Gasteiger partial charge in [-0.3, -0.25) is 4.79 Å². The molecule has 0 unspecified atom stereocenters. The highest BCUT2D eigenvalue weighted by atomic mass is 16.6. The van der Waals surface area contributed by atoms with E-state index in [1.54, 1.807) is 0 Å². The minimum absolute atomic E-state index is 0.247. The number of carbonyl (C=O) groups is 1. The molecule has 1 aliphatic carbocycles. The van der Waals surface area contributed by atoms with Gasteiger partial charge in [0.15, 0.2) is 11.5 Å². The third-order valence-corrected chi connectivity index (χ3v) is 4.55.